The van der Waals surface area contributed by atoms with E-state index in [1.54, 1.807) is 24.0 Å². The van der Waals surface area contributed by atoms with Crippen LogP contribution in [0.2, 0.25) is 0 Å². The molecule has 2 fully saturated rings. The number of hydrogen-bond donors (Lipinski definition) is 0. The SMILES string of the molecule is CCOC(=O)CC(c1cccc(F)c1)N1CCC(CCCC2(C)OCCO2)C1=O. The van der Waals surface area contributed by atoms with E-state index in [1.165, 1.54) is 12.1 Å². The third-order valence-corrected chi connectivity index (χ3v) is 5.71. The summed E-state index contributed by atoms with van der Waals surface area (Å²) in [4.78, 5) is 26.9. The Hall–Kier alpha value is -1.99. The first-order valence-electron chi connectivity index (χ1n) is 10.4. The maximum absolute atomic E-state index is 13.8. The van der Waals surface area contributed by atoms with Crippen molar-refractivity contribution in [2.75, 3.05) is 26.4 Å². The number of halogens is 1. The number of carbonyl (C=O) groups excluding carboxylic acids is 2. The summed E-state index contributed by atoms with van der Waals surface area (Å²) in [6, 6.07) is 5.58. The van der Waals surface area contributed by atoms with Crippen molar-refractivity contribution >= 4 is 11.9 Å². The molecule has 0 N–H and O–H groups in total. The maximum Gasteiger partial charge on any atom is 0.308 e. The highest BCUT2D eigenvalue weighted by molar-refractivity contribution is 5.82. The molecule has 2 aliphatic heterocycles. The highest BCUT2D eigenvalue weighted by atomic mass is 19.1. The molecule has 0 saturated carbocycles. The Morgan fingerprint density at radius 3 is 2.83 bits per heavy atom. The molecule has 0 aromatic heterocycles. The lowest BCUT2D eigenvalue weighted by molar-refractivity contribution is -0.149. The van der Waals surface area contributed by atoms with Gasteiger partial charge in [-0.3, -0.25) is 9.59 Å². The lowest BCUT2D eigenvalue weighted by Gasteiger charge is -2.28. The number of esters is 1. The zero-order chi connectivity index (χ0) is 20.9. The summed E-state index contributed by atoms with van der Waals surface area (Å²) >= 11 is 0. The Morgan fingerprint density at radius 1 is 1.38 bits per heavy atom. The Labute approximate surface area is 171 Å². The van der Waals surface area contributed by atoms with Gasteiger partial charge >= 0.3 is 5.97 Å². The normalized spacial score (nSPS) is 22.1. The molecule has 29 heavy (non-hydrogen) atoms. The Balaban J connectivity index is 1.64. The molecule has 160 valence electrons. The molecule has 2 atom stereocenters. The van der Waals surface area contributed by atoms with Crippen LogP contribution in [0.4, 0.5) is 4.39 Å². The van der Waals surface area contributed by atoms with Crippen LogP contribution < -0.4 is 0 Å². The van der Waals surface area contributed by atoms with Crippen LogP contribution in [-0.4, -0.2) is 48.9 Å². The van der Waals surface area contributed by atoms with E-state index in [-0.39, 0.29) is 36.6 Å². The molecule has 2 unspecified atom stereocenters. The first-order chi connectivity index (χ1) is 13.9. The summed E-state index contributed by atoms with van der Waals surface area (Å²) in [7, 11) is 0. The number of hydrogen-bond acceptors (Lipinski definition) is 5. The van der Waals surface area contributed by atoms with Gasteiger partial charge in [0.1, 0.15) is 5.82 Å². The highest BCUT2D eigenvalue weighted by Crippen LogP contribution is 2.35. The predicted octanol–water partition coefficient (Wildman–Crippen LogP) is 3.60. The van der Waals surface area contributed by atoms with Gasteiger partial charge in [-0.1, -0.05) is 12.1 Å². The van der Waals surface area contributed by atoms with E-state index in [0.717, 1.165) is 25.7 Å². The average Bonchev–Trinajstić information content (AvgIpc) is 3.27. The van der Waals surface area contributed by atoms with Crippen LogP contribution in [0.3, 0.4) is 0 Å². The number of amides is 1. The van der Waals surface area contributed by atoms with Gasteiger partial charge in [0, 0.05) is 18.9 Å². The summed E-state index contributed by atoms with van der Waals surface area (Å²) in [6.45, 7) is 5.71. The predicted molar refractivity (Wildman–Crippen MR) is 104 cm³/mol. The second-order valence-corrected chi connectivity index (χ2v) is 7.82. The lowest BCUT2D eigenvalue weighted by atomic mass is 9.98. The van der Waals surface area contributed by atoms with E-state index in [2.05, 4.69) is 0 Å². The molecular weight excluding hydrogens is 377 g/mol. The number of benzene rings is 1. The van der Waals surface area contributed by atoms with Crippen molar-refractivity contribution in [3.8, 4) is 0 Å². The van der Waals surface area contributed by atoms with E-state index >= 15 is 0 Å². The lowest BCUT2D eigenvalue weighted by Crippen LogP contribution is -2.34. The van der Waals surface area contributed by atoms with Gasteiger partial charge in [0.05, 0.1) is 32.3 Å². The largest absolute Gasteiger partial charge is 0.466 e. The fourth-order valence-corrected chi connectivity index (χ4v) is 4.21. The van der Waals surface area contributed by atoms with Gasteiger partial charge in [-0.2, -0.15) is 0 Å². The van der Waals surface area contributed by atoms with Crippen molar-refractivity contribution in [1.82, 2.24) is 4.90 Å². The minimum absolute atomic E-state index is 0.0157. The van der Waals surface area contributed by atoms with Crippen LogP contribution in [0.15, 0.2) is 24.3 Å². The summed E-state index contributed by atoms with van der Waals surface area (Å²) in [5, 5.41) is 0. The molecule has 0 spiro atoms. The van der Waals surface area contributed by atoms with Crippen molar-refractivity contribution in [3.63, 3.8) is 0 Å². The van der Waals surface area contributed by atoms with Gasteiger partial charge in [0.25, 0.3) is 0 Å². The summed E-state index contributed by atoms with van der Waals surface area (Å²) < 4.78 is 30.1. The topological polar surface area (TPSA) is 65.1 Å². The molecule has 1 aromatic rings. The molecule has 0 bridgehead atoms. The van der Waals surface area contributed by atoms with Crippen LogP contribution in [0.1, 0.15) is 57.6 Å². The second kappa shape index (κ2) is 9.67. The fourth-order valence-electron chi connectivity index (χ4n) is 4.21. The van der Waals surface area contributed by atoms with Crippen LogP contribution in [0.25, 0.3) is 0 Å². The zero-order valence-corrected chi connectivity index (χ0v) is 17.2. The quantitative estimate of drug-likeness (QED) is 0.585. The van der Waals surface area contributed by atoms with E-state index in [1.807, 2.05) is 6.92 Å². The Morgan fingerprint density at radius 2 is 2.14 bits per heavy atom. The molecule has 7 heteroatoms. The third-order valence-electron chi connectivity index (χ3n) is 5.71. The van der Waals surface area contributed by atoms with Gasteiger partial charge in [0.2, 0.25) is 5.91 Å². The third kappa shape index (κ3) is 5.54. The molecular formula is C22H30FNO5. The molecule has 6 nitrogen and oxygen atoms in total. The van der Waals surface area contributed by atoms with E-state index in [4.69, 9.17) is 14.2 Å². The van der Waals surface area contributed by atoms with Crippen LogP contribution in [0.5, 0.6) is 0 Å². The monoisotopic (exact) mass is 407 g/mol. The zero-order valence-electron chi connectivity index (χ0n) is 17.2. The first kappa shape index (κ1) is 21.7. The van der Waals surface area contributed by atoms with E-state index < -0.39 is 11.8 Å². The average molecular weight is 407 g/mol. The van der Waals surface area contributed by atoms with Crippen LogP contribution in [-0.2, 0) is 23.8 Å². The number of likely N-dealkylation sites (tertiary alicyclic amines) is 1. The highest BCUT2D eigenvalue weighted by Gasteiger charge is 2.38. The van der Waals surface area contributed by atoms with E-state index in [9.17, 15) is 14.0 Å². The molecule has 2 aliphatic rings. The fraction of sp³-hybridized carbons (Fsp3) is 0.636. The number of nitrogens with zero attached hydrogens (tertiary/aromatic N) is 1. The van der Waals surface area contributed by atoms with Gasteiger partial charge in [0.15, 0.2) is 5.79 Å². The van der Waals surface area contributed by atoms with Crippen molar-refractivity contribution < 1.29 is 28.2 Å². The van der Waals surface area contributed by atoms with Gasteiger partial charge in [-0.05, 0) is 50.8 Å². The van der Waals surface area contributed by atoms with Gasteiger partial charge in [-0.25, -0.2) is 4.39 Å². The van der Waals surface area contributed by atoms with E-state index in [0.29, 0.717) is 25.3 Å². The summed E-state index contributed by atoms with van der Waals surface area (Å²) in [5.41, 5.74) is 0.618. The molecule has 0 aliphatic carbocycles. The standard InChI is InChI=1S/C22H30FNO5/c1-3-27-20(25)15-19(17-6-4-8-18(23)14-17)24-11-9-16(21(24)26)7-5-10-22(2)28-12-13-29-22/h4,6,8,14,16,19H,3,5,7,9-13,15H2,1-2H3. The number of rotatable bonds is 9. The maximum atomic E-state index is 13.8. The van der Waals surface area contributed by atoms with Gasteiger partial charge in [-0.15, -0.1) is 0 Å². The van der Waals surface area contributed by atoms with Crippen molar-refractivity contribution in [1.29, 1.82) is 0 Å². The molecule has 3 rings (SSSR count). The second-order valence-electron chi connectivity index (χ2n) is 7.82. The minimum atomic E-state index is -0.546. The van der Waals surface area contributed by atoms with Gasteiger partial charge < -0.3 is 19.1 Å². The number of ether oxygens (including phenoxy) is 3. The summed E-state index contributed by atoms with van der Waals surface area (Å²) in [6.07, 6.45) is 3.06. The van der Waals surface area contributed by atoms with Crippen LogP contribution >= 0.6 is 0 Å². The smallest absolute Gasteiger partial charge is 0.308 e. The molecule has 1 aromatic carbocycles. The molecule has 2 saturated heterocycles. The van der Waals surface area contributed by atoms with Crippen LogP contribution in [0, 0.1) is 11.7 Å². The molecule has 1 amide bonds. The molecule has 2 heterocycles. The first-order valence-corrected chi connectivity index (χ1v) is 10.4. The van der Waals surface area contributed by atoms with Crippen molar-refractivity contribution in [3.05, 3.63) is 35.6 Å². The summed E-state index contributed by atoms with van der Waals surface area (Å²) in [5.74, 6) is -1.40. The van der Waals surface area contributed by atoms with Crippen molar-refractivity contribution in [2.24, 2.45) is 5.92 Å². The minimum Gasteiger partial charge on any atom is -0.466 e. The Kier molecular flexibility index (Phi) is 7.24. The number of carbonyl (C=O) groups is 2. The Bertz CT molecular complexity index is 719. The molecule has 0 radical (unpaired) electrons. The van der Waals surface area contributed by atoms with Crippen molar-refractivity contribution in [2.45, 2.75) is 57.8 Å².